The zero-order chi connectivity index (χ0) is 78.8. The first-order valence-electron chi connectivity index (χ1n) is 44.1. The molecule has 2 rings (SSSR count). The molecule has 0 aromatic heterocycles. The number of unbranched alkanes of at least 4 members (excludes halogenated alkanes) is 52. The van der Waals surface area contributed by atoms with Gasteiger partial charge in [-0.05, 0) is 165 Å². The van der Waals surface area contributed by atoms with Gasteiger partial charge in [-0.25, -0.2) is 36.0 Å². The smallest absolute Gasteiger partial charge is 0.744 e. The topological polar surface area (TPSA) is 220 Å². The standard InChI is InChI=1S/2C46H78O7S.Ca/c2*1-3-5-7-9-11-13-15-17-19-21-23-25-27-29-31-33-35-39-52-45(47)43-38-37-42(54(49,50)51)41-44(43)46(48)53-40-36-34-32-30-28-26-24-22-20-18-16-14-12-10-8-6-4-2;/h2*23-26,37-38,41H,3-22,27-36,39-40H2,1-2H3,(H,49,50,51);/q;;+2/p-2/b2*25-23+,26-24+;. The minimum atomic E-state index is -4.82. The number of carbonyl (C=O) groups is 4. The minimum absolute atomic E-state index is 0. The molecule has 0 unspecified atom stereocenters. The predicted octanol–water partition coefficient (Wildman–Crippen LogP) is 27.1. The molecule has 0 saturated heterocycles. The minimum Gasteiger partial charge on any atom is -0.744 e. The first-order valence-corrected chi connectivity index (χ1v) is 46.9. The Balaban J connectivity index is 0.00000212. The van der Waals surface area contributed by atoms with Crippen molar-refractivity contribution in [2.24, 2.45) is 0 Å². The van der Waals surface area contributed by atoms with Gasteiger partial charge in [-0.3, -0.25) is 0 Å². The van der Waals surface area contributed by atoms with E-state index in [-0.39, 0.29) is 86.4 Å². The van der Waals surface area contributed by atoms with Gasteiger partial charge in [0.25, 0.3) is 0 Å². The summed E-state index contributed by atoms with van der Waals surface area (Å²) < 4.78 is 91.5. The van der Waals surface area contributed by atoms with Crippen LogP contribution >= 0.6 is 0 Å². The number of benzene rings is 2. The number of rotatable bonds is 74. The molecule has 0 N–H and O–H groups in total. The molecular weight excluding hydrogens is 1430 g/mol. The van der Waals surface area contributed by atoms with Crippen LogP contribution in [-0.4, -0.2) is 114 Å². The Kier molecular flexibility index (Phi) is 74.4. The summed E-state index contributed by atoms with van der Waals surface area (Å²) in [6.45, 7) is 9.70. The summed E-state index contributed by atoms with van der Waals surface area (Å²) in [7, 11) is -9.64. The Hall–Kier alpha value is -3.64. The van der Waals surface area contributed by atoms with Crippen molar-refractivity contribution < 1.29 is 64.1 Å². The van der Waals surface area contributed by atoms with Crippen molar-refractivity contribution in [3.05, 3.63) is 107 Å². The van der Waals surface area contributed by atoms with Crippen molar-refractivity contribution in [2.45, 2.75) is 423 Å². The molecule has 2 aromatic rings. The average molecular weight is 1590 g/mol. The second-order valence-electron chi connectivity index (χ2n) is 30.0. The quantitative estimate of drug-likeness (QED) is 0.0150. The van der Waals surface area contributed by atoms with E-state index >= 15 is 0 Å². The molecule has 0 radical (unpaired) electrons. The van der Waals surface area contributed by atoms with Crippen LogP contribution < -0.4 is 0 Å². The van der Waals surface area contributed by atoms with Crippen molar-refractivity contribution in [1.29, 1.82) is 0 Å². The van der Waals surface area contributed by atoms with Crippen LogP contribution in [0.3, 0.4) is 0 Å². The van der Waals surface area contributed by atoms with Gasteiger partial charge in [0.1, 0.15) is 20.2 Å². The summed E-state index contributed by atoms with van der Waals surface area (Å²) in [4.78, 5) is 50.4. The molecule has 0 aliphatic heterocycles. The molecule has 0 amide bonds. The number of hydrogen-bond acceptors (Lipinski definition) is 14. The van der Waals surface area contributed by atoms with Gasteiger partial charge in [0.15, 0.2) is 0 Å². The van der Waals surface area contributed by atoms with Crippen LogP contribution in [0.25, 0.3) is 0 Å². The Morgan fingerprint density at radius 1 is 0.248 bits per heavy atom. The molecule has 0 saturated carbocycles. The molecular formula is C92H154CaO14S2. The van der Waals surface area contributed by atoms with Gasteiger partial charge >= 0.3 is 61.6 Å². The first kappa shape index (κ1) is 105. The van der Waals surface area contributed by atoms with Crippen molar-refractivity contribution in [2.75, 3.05) is 26.4 Å². The fourth-order valence-electron chi connectivity index (χ4n) is 13.1. The van der Waals surface area contributed by atoms with Gasteiger partial charge in [-0.2, -0.15) is 0 Å². The third kappa shape index (κ3) is 64.3. The van der Waals surface area contributed by atoms with Crippen molar-refractivity contribution in [1.82, 2.24) is 0 Å². The average Bonchev–Trinajstić information content (AvgIpc) is 0.815. The van der Waals surface area contributed by atoms with E-state index in [1.165, 1.54) is 231 Å². The molecule has 0 spiro atoms. The third-order valence-electron chi connectivity index (χ3n) is 20.0. The Labute approximate surface area is 696 Å². The zero-order valence-corrected chi connectivity index (χ0v) is 73.4. The summed E-state index contributed by atoms with van der Waals surface area (Å²) in [6, 6.07) is 6.23. The molecule has 0 aliphatic rings. The van der Waals surface area contributed by atoms with Crippen LogP contribution in [0.2, 0.25) is 0 Å². The van der Waals surface area contributed by atoms with E-state index in [1.807, 2.05) is 0 Å². The van der Waals surface area contributed by atoms with Gasteiger partial charge in [0.2, 0.25) is 0 Å². The van der Waals surface area contributed by atoms with Crippen LogP contribution in [0.1, 0.15) is 454 Å². The molecule has 620 valence electrons. The maximum atomic E-state index is 12.9. The third-order valence-corrected chi connectivity index (χ3v) is 21.7. The largest absolute Gasteiger partial charge is 2.00 e. The summed E-state index contributed by atoms with van der Waals surface area (Å²) in [5, 5.41) is 0. The first-order chi connectivity index (χ1) is 52.6. The molecule has 0 heterocycles. The van der Waals surface area contributed by atoms with Crippen LogP contribution in [0.4, 0.5) is 0 Å². The molecule has 14 nitrogen and oxygen atoms in total. The number of ether oxygens (including phenoxy) is 4. The summed E-state index contributed by atoms with van der Waals surface area (Å²) >= 11 is 0. The monoisotopic (exact) mass is 1590 g/mol. The second kappa shape index (κ2) is 77.0. The number of hydrogen-bond donors (Lipinski definition) is 0. The van der Waals surface area contributed by atoms with Crippen LogP contribution in [0.5, 0.6) is 0 Å². The van der Waals surface area contributed by atoms with Crippen LogP contribution in [0.15, 0.2) is 94.8 Å². The molecule has 2 aromatic carbocycles. The van der Waals surface area contributed by atoms with E-state index in [0.29, 0.717) is 25.7 Å². The van der Waals surface area contributed by atoms with E-state index < -0.39 is 53.9 Å². The normalized spacial score (nSPS) is 11.8. The number of esters is 4. The fraction of sp³-hybridized carbons (Fsp3) is 0.739. The maximum absolute atomic E-state index is 12.9. The maximum Gasteiger partial charge on any atom is 2.00 e. The van der Waals surface area contributed by atoms with E-state index in [9.17, 15) is 45.1 Å². The van der Waals surface area contributed by atoms with Gasteiger partial charge in [0.05, 0.1) is 58.5 Å². The van der Waals surface area contributed by atoms with E-state index in [1.54, 1.807) is 0 Å². The number of carbonyl (C=O) groups excluding carboxylic acids is 4. The van der Waals surface area contributed by atoms with Gasteiger partial charge in [-0.15, -0.1) is 0 Å². The Bertz CT molecular complexity index is 2670. The Morgan fingerprint density at radius 2 is 0.404 bits per heavy atom. The molecule has 0 atom stereocenters. The fourth-order valence-corrected chi connectivity index (χ4v) is 14.1. The van der Waals surface area contributed by atoms with Crippen LogP contribution in [0, 0.1) is 0 Å². The van der Waals surface area contributed by atoms with Gasteiger partial charge in [0, 0.05) is 0 Å². The molecule has 0 bridgehead atoms. The van der Waals surface area contributed by atoms with E-state index in [4.69, 9.17) is 18.9 Å². The zero-order valence-electron chi connectivity index (χ0n) is 69.6. The van der Waals surface area contributed by atoms with Gasteiger partial charge < -0.3 is 28.1 Å². The number of allylic oxidation sites excluding steroid dienone is 8. The molecule has 17 heteroatoms. The predicted molar refractivity (Wildman–Crippen MR) is 452 cm³/mol. The molecule has 0 aliphatic carbocycles. The van der Waals surface area contributed by atoms with Crippen molar-refractivity contribution in [3.63, 3.8) is 0 Å². The van der Waals surface area contributed by atoms with E-state index in [2.05, 4.69) is 76.3 Å². The second-order valence-corrected chi connectivity index (χ2v) is 32.8. The van der Waals surface area contributed by atoms with Crippen molar-refractivity contribution >= 4 is 81.9 Å². The van der Waals surface area contributed by atoms with Crippen LogP contribution in [-0.2, 0) is 39.2 Å². The Morgan fingerprint density at radius 3 is 0.578 bits per heavy atom. The summed E-state index contributed by atoms with van der Waals surface area (Å²) in [5.41, 5.74) is -0.719. The molecule has 0 fully saturated rings. The summed E-state index contributed by atoms with van der Waals surface area (Å²) in [6.07, 6.45) is 90.2. The molecule has 109 heavy (non-hydrogen) atoms. The van der Waals surface area contributed by atoms with Gasteiger partial charge in [-0.1, -0.05) is 333 Å². The SMILES string of the molecule is CCCCCCCCCCC/C=C/CCCCCCOC(=O)c1ccc(S(=O)(=O)[O-])cc1C(=O)OCCCCCC/C=C/CCCCCCCCCCC.CCCCCCCCCCC/C=C/CCCCCCOC(=O)c1ccc(S(=O)(=O)[O-])cc1C(=O)OCCCCCC/C=C/CCCCCCCCCCC.[Ca+2]. The van der Waals surface area contributed by atoms with E-state index in [0.717, 1.165) is 165 Å². The van der Waals surface area contributed by atoms with Crippen molar-refractivity contribution in [3.8, 4) is 0 Å². The summed E-state index contributed by atoms with van der Waals surface area (Å²) in [5.74, 6) is -3.14.